The topological polar surface area (TPSA) is 67.9 Å². The highest BCUT2D eigenvalue weighted by Crippen LogP contribution is 2.23. The predicted molar refractivity (Wildman–Crippen MR) is 65.8 cm³/mol. The molecule has 0 aromatic heterocycles. The van der Waals surface area contributed by atoms with E-state index in [1.807, 2.05) is 0 Å². The minimum absolute atomic E-state index is 0.142. The van der Waals surface area contributed by atoms with E-state index in [1.54, 1.807) is 11.3 Å². The fourth-order valence-corrected chi connectivity index (χ4v) is 2.23. The molecule has 1 atom stereocenters. The molecular formula is C10H19N3O2S. The summed E-state index contributed by atoms with van der Waals surface area (Å²) in [6.07, 6.45) is 0.712. The standard InChI is InChI=1S/C10H19N3O2S/c1-4-15-10(14)8-6-16-13(12-8)9(11)5-7(2)3/h7,9H,4-6,11H2,1-3H3. The summed E-state index contributed by atoms with van der Waals surface area (Å²) in [5.74, 6) is 0.719. The van der Waals surface area contributed by atoms with E-state index in [4.69, 9.17) is 10.5 Å². The number of rotatable bonds is 5. The van der Waals surface area contributed by atoms with Gasteiger partial charge in [-0.15, -0.1) is 0 Å². The van der Waals surface area contributed by atoms with E-state index in [0.717, 1.165) is 6.42 Å². The molecule has 0 fully saturated rings. The summed E-state index contributed by atoms with van der Waals surface area (Å²) in [5.41, 5.74) is 6.41. The molecule has 0 spiro atoms. The first-order chi connectivity index (χ1) is 7.54. The second kappa shape index (κ2) is 6.10. The third kappa shape index (κ3) is 3.68. The molecule has 0 bridgehead atoms. The largest absolute Gasteiger partial charge is 0.461 e. The molecule has 1 aliphatic rings. The van der Waals surface area contributed by atoms with Gasteiger partial charge >= 0.3 is 5.97 Å². The monoisotopic (exact) mass is 245 g/mol. The van der Waals surface area contributed by atoms with Crippen molar-refractivity contribution in [3.05, 3.63) is 0 Å². The summed E-state index contributed by atoms with van der Waals surface area (Å²) >= 11 is 1.46. The molecular weight excluding hydrogens is 226 g/mol. The highest BCUT2D eigenvalue weighted by Gasteiger charge is 2.26. The van der Waals surface area contributed by atoms with Crippen LogP contribution in [0.15, 0.2) is 5.10 Å². The van der Waals surface area contributed by atoms with Crippen molar-refractivity contribution in [1.29, 1.82) is 0 Å². The van der Waals surface area contributed by atoms with Crippen molar-refractivity contribution >= 4 is 23.6 Å². The molecule has 6 heteroatoms. The Morgan fingerprint density at radius 3 is 2.94 bits per heavy atom. The van der Waals surface area contributed by atoms with Crippen LogP contribution < -0.4 is 5.73 Å². The average Bonchev–Trinajstić information content (AvgIpc) is 2.65. The zero-order chi connectivity index (χ0) is 12.1. The maximum atomic E-state index is 11.4. The molecule has 0 saturated carbocycles. The van der Waals surface area contributed by atoms with Crippen molar-refractivity contribution in [2.24, 2.45) is 16.8 Å². The van der Waals surface area contributed by atoms with Gasteiger partial charge in [0.25, 0.3) is 0 Å². The van der Waals surface area contributed by atoms with Crippen LogP contribution in [-0.2, 0) is 9.53 Å². The lowest BCUT2D eigenvalue weighted by Crippen LogP contribution is -2.34. The van der Waals surface area contributed by atoms with Gasteiger partial charge in [-0.25, -0.2) is 9.21 Å². The van der Waals surface area contributed by atoms with E-state index < -0.39 is 0 Å². The number of ether oxygens (including phenoxy) is 1. The molecule has 0 aromatic carbocycles. The van der Waals surface area contributed by atoms with E-state index in [1.165, 1.54) is 11.9 Å². The van der Waals surface area contributed by atoms with Crippen LogP contribution in [0.4, 0.5) is 0 Å². The van der Waals surface area contributed by atoms with Crippen LogP contribution in [0.1, 0.15) is 27.2 Å². The van der Waals surface area contributed by atoms with Gasteiger partial charge in [0.15, 0.2) is 5.71 Å². The fraction of sp³-hybridized carbons (Fsp3) is 0.800. The Morgan fingerprint density at radius 2 is 2.38 bits per heavy atom. The van der Waals surface area contributed by atoms with Gasteiger partial charge in [0.05, 0.1) is 12.4 Å². The Labute approximate surface area is 101 Å². The number of hydrazone groups is 1. The summed E-state index contributed by atoms with van der Waals surface area (Å²) in [7, 11) is 0. The lowest BCUT2D eigenvalue weighted by atomic mass is 10.1. The minimum Gasteiger partial charge on any atom is -0.461 e. The second-order valence-corrected chi connectivity index (χ2v) is 4.96. The third-order valence-corrected chi connectivity index (χ3v) is 3.08. The normalized spacial score (nSPS) is 17.6. The van der Waals surface area contributed by atoms with Gasteiger partial charge in [0.1, 0.15) is 6.17 Å². The second-order valence-electron chi connectivity index (χ2n) is 4.04. The molecule has 0 aromatic rings. The minimum atomic E-state index is -0.339. The average molecular weight is 245 g/mol. The van der Waals surface area contributed by atoms with E-state index in [-0.39, 0.29) is 12.1 Å². The molecule has 5 nitrogen and oxygen atoms in total. The fourth-order valence-electron chi connectivity index (χ4n) is 1.36. The molecule has 16 heavy (non-hydrogen) atoms. The molecule has 0 aliphatic carbocycles. The number of carbonyl (C=O) groups excluding carboxylic acids is 1. The highest BCUT2D eigenvalue weighted by molar-refractivity contribution is 7.98. The van der Waals surface area contributed by atoms with E-state index >= 15 is 0 Å². The first-order valence-corrected chi connectivity index (χ1v) is 6.41. The molecule has 0 radical (unpaired) electrons. The molecule has 92 valence electrons. The molecule has 1 rings (SSSR count). The zero-order valence-electron chi connectivity index (χ0n) is 9.97. The van der Waals surface area contributed by atoms with Gasteiger partial charge in [-0.05, 0) is 31.2 Å². The lowest BCUT2D eigenvalue weighted by molar-refractivity contribution is -0.135. The smallest absolute Gasteiger partial charge is 0.355 e. The number of nitrogens with two attached hydrogens (primary N) is 1. The van der Waals surface area contributed by atoms with Crippen LogP contribution in [0.3, 0.4) is 0 Å². The third-order valence-electron chi connectivity index (χ3n) is 2.06. The van der Waals surface area contributed by atoms with Crippen molar-refractivity contribution in [2.45, 2.75) is 33.4 Å². The SMILES string of the molecule is CCOC(=O)C1=NN(C(N)CC(C)C)SC1. The Bertz CT molecular complexity index is 281. The Kier molecular flexibility index (Phi) is 5.08. The van der Waals surface area contributed by atoms with Crippen molar-refractivity contribution in [1.82, 2.24) is 4.41 Å². The van der Waals surface area contributed by atoms with Gasteiger partial charge in [-0.2, -0.15) is 5.10 Å². The van der Waals surface area contributed by atoms with Crippen LogP contribution in [0.5, 0.6) is 0 Å². The van der Waals surface area contributed by atoms with Gasteiger partial charge in [-0.3, -0.25) is 0 Å². The van der Waals surface area contributed by atoms with E-state index in [9.17, 15) is 4.79 Å². The van der Waals surface area contributed by atoms with Crippen molar-refractivity contribution in [3.63, 3.8) is 0 Å². The van der Waals surface area contributed by atoms with Crippen LogP contribution in [0, 0.1) is 5.92 Å². The summed E-state index contributed by atoms with van der Waals surface area (Å²) in [6, 6.07) is 0. The molecule has 0 saturated heterocycles. The van der Waals surface area contributed by atoms with Crippen LogP contribution in [0.25, 0.3) is 0 Å². The highest BCUT2D eigenvalue weighted by atomic mass is 32.2. The first-order valence-electron chi connectivity index (χ1n) is 5.47. The summed E-state index contributed by atoms with van der Waals surface area (Å²) in [6.45, 7) is 6.37. The number of nitrogens with zero attached hydrogens (tertiary/aromatic N) is 2. The Balaban J connectivity index is 2.51. The maximum Gasteiger partial charge on any atom is 0.355 e. The summed E-state index contributed by atoms with van der Waals surface area (Å²) in [5, 5.41) is 4.17. The van der Waals surface area contributed by atoms with Crippen molar-refractivity contribution in [3.8, 4) is 0 Å². The van der Waals surface area contributed by atoms with Gasteiger partial charge in [0, 0.05) is 0 Å². The summed E-state index contributed by atoms with van der Waals surface area (Å²) in [4.78, 5) is 11.4. The molecule has 0 amide bonds. The molecule has 2 N–H and O–H groups in total. The van der Waals surface area contributed by atoms with E-state index in [2.05, 4.69) is 18.9 Å². The molecule has 1 unspecified atom stereocenters. The number of hydrogen-bond donors (Lipinski definition) is 1. The number of esters is 1. The van der Waals surface area contributed by atoms with Gasteiger partial charge in [0.2, 0.25) is 0 Å². The van der Waals surface area contributed by atoms with Crippen LogP contribution in [0.2, 0.25) is 0 Å². The van der Waals surface area contributed by atoms with Gasteiger partial charge in [-0.1, -0.05) is 13.8 Å². The first kappa shape index (κ1) is 13.3. The van der Waals surface area contributed by atoms with Crippen molar-refractivity contribution in [2.75, 3.05) is 12.4 Å². The zero-order valence-corrected chi connectivity index (χ0v) is 10.8. The maximum absolute atomic E-state index is 11.4. The molecule has 1 heterocycles. The predicted octanol–water partition coefficient (Wildman–Crippen LogP) is 1.20. The Hall–Kier alpha value is -0.750. The van der Waals surface area contributed by atoms with E-state index in [0.29, 0.717) is 24.0 Å². The van der Waals surface area contributed by atoms with Crippen LogP contribution >= 0.6 is 11.9 Å². The number of carbonyl (C=O) groups is 1. The summed E-state index contributed by atoms with van der Waals surface area (Å²) < 4.78 is 6.59. The quantitative estimate of drug-likeness (QED) is 0.582. The Morgan fingerprint density at radius 1 is 1.69 bits per heavy atom. The number of hydrogen-bond acceptors (Lipinski definition) is 6. The molecule has 1 aliphatic heterocycles. The van der Waals surface area contributed by atoms with Gasteiger partial charge < -0.3 is 10.5 Å². The van der Waals surface area contributed by atoms with Crippen molar-refractivity contribution < 1.29 is 9.53 Å². The van der Waals surface area contributed by atoms with Crippen LogP contribution in [-0.4, -0.2) is 34.6 Å². The lowest BCUT2D eigenvalue weighted by Gasteiger charge is -2.21.